The van der Waals surface area contributed by atoms with E-state index in [0.717, 1.165) is 0 Å². The van der Waals surface area contributed by atoms with Crippen molar-refractivity contribution >= 4 is 28.8 Å². The summed E-state index contributed by atoms with van der Waals surface area (Å²) >= 11 is 5.90. The third-order valence-electron chi connectivity index (χ3n) is 2.00. The minimum absolute atomic E-state index is 0.247. The molecule has 0 atom stereocenters. The van der Waals surface area contributed by atoms with Crippen LogP contribution in [0, 0.1) is 0 Å². The molecule has 1 aromatic carbocycles. The molecule has 0 saturated heterocycles. The number of hydrogen-bond donors (Lipinski definition) is 1. The molecule has 2 aromatic rings. The third-order valence-corrected chi connectivity index (χ3v) is 2.33. The summed E-state index contributed by atoms with van der Waals surface area (Å²) in [5.41, 5.74) is 0.671. The van der Waals surface area contributed by atoms with Crippen LogP contribution in [-0.4, -0.2) is 11.3 Å². The van der Waals surface area contributed by atoms with E-state index < -0.39 is 0 Å². The van der Waals surface area contributed by atoms with Crippen molar-refractivity contribution < 1.29 is 4.79 Å². The number of hydrogen-bond acceptors (Lipinski definition) is 2. The molecule has 1 aromatic heterocycles. The molecule has 0 saturated carbocycles. The van der Waals surface area contributed by atoms with Crippen LogP contribution < -0.4 is 5.56 Å². The zero-order chi connectivity index (χ0) is 10.1. The van der Waals surface area contributed by atoms with Crippen molar-refractivity contribution in [1.82, 2.24) is 4.98 Å². The lowest BCUT2D eigenvalue weighted by Crippen LogP contribution is -2.04. The first-order valence-electron chi connectivity index (χ1n) is 3.99. The maximum atomic E-state index is 11.0. The lowest BCUT2D eigenvalue weighted by atomic mass is 10.1. The van der Waals surface area contributed by atoms with Gasteiger partial charge < -0.3 is 4.98 Å². The Morgan fingerprint density at radius 1 is 1.21 bits per heavy atom. The summed E-state index contributed by atoms with van der Waals surface area (Å²) in [4.78, 5) is 24.3. The molecular formula is C10H6ClNO2. The summed E-state index contributed by atoms with van der Waals surface area (Å²) in [6, 6.07) is 6.19. The number of aldehydes is 1. The Morgan fingerprint density at radius 3 is 2.71 bits per heavy atom. The second kappa shape index (κ2) is 3.27. The van der Waals surface area contributed by atoms with Crippen LogP contribution in [0.15, 0.2) is 29.1 Å². The third kappa shape index (κ3) is 1.32. The van der Waals surface area contributed by atoms with Crippen molar-refractivity contribution in [3.05, 3.63) is 45.2 Å². The molecule has 2 rings (SSSR count). The van der Waals surface area contributed by atoms with Gasteiger partial charge in [-0.15, -0.1) is 0 Å². The molecule has 0 radical (unpaired) electrons. The van der Waals surface area contributed by atoms with Gasteiger partial charge >= 0.3 is 0 Å². The van der Waals surface area contributed by atoms with Gasteiger partial charge in [0.1, 0.15) is 0 Å². The predicted molar refractivity (Wildman–Crippen MR) is 55.0 cm³/mol. The number of aromatic nitrogens is 1. The van der Waals surface area contributed by atoms with Gasteiger partial charge in [-0.1, -0.05) is 11.6 Å². The Balaban J connectivity index is 2.99. The quantitative estimate of drug-likeness (QED) is 0.727. The average Bonchev–Trinajstić information content (AvgIpc) is 2.18. The summed E-state index contributed by atoms with van der Waals surface area (Å²) in [5.74, 6) is 0. The molecule has 0 spiro atoms. The van der Waals surface area contributed by atoms with E-state index >= 15 is 0 Å². The van der Waals surface area contributed by atoms with Crippen molar-refractivity contribution in [2.24, 2.45) is 0 Å². The molecule has 3 nitrogen and oxygen atoms in total. The second-order valence-corrected chi connectivity index (χ2v) is 3.27. The van der Waals surface area contributed by atoms with Crippen LogP contribution in [0.25, 0.3) is 10.9 Å². The van der Waals surface area contributed by atoms with Gasteiger partial charge in [-0.25, -0.2) is 0 Å². The zero-order valence-electron chi connectivity index (χ0n) is 7.08. The molecule has 0 fully saturated rings. The first-order valence-corrected chi connectivity index (χ1v) is 4.37. The molecule has 14 heavy (non-hydrogen) atoms. The molecule has 0 aliphatic carbocycles. The topological polar surface area (TPSA) is 49.9 Å². The number of benzene rings is 1. The SMILES string of the molecule is O=Cc1ccc(Cl)c2ccc(=O)[nH]c12. The van der Waals surface area contributed by atoms with Crippen LogP contribution in [0.1, 0.15) is 10.4 Å². The summed E-state index contributed by atoms with van der Waals surface area (Å²) in [7, 11) is 0. The number of carbonyl (C=O) groups is 1. The Kier molecular flexibility index (Phi) is 2.09. The van der Waals surface area contributed by atoms with Crippen LogP contribution in [0.2, 0.25) is 5.02 Å². The minimum Gasteiger partial charge on any atom is -0.321 e. The van der Waals surface area contributed by atoms with Crippen molar-refractivity contribution in [3.8, 4) is 0 Å². The maximum Gasteiger partial charge on any atom is 0.248 e. The maximum absolute atomic E-state index is 11.0. The smallest absolute Gasteiger partial charge is 0.248 e. The number of pyridine rings is 1. The van der Waals surface area contributed by atoms with E-state index in [1.54, 1.807) is 18.2 Å². The molecule has 70 valence electrons. The molecule has 0 unspecified atom stereocenters. The molecule has 0 bridgehead atoms. The standard InChI is InChI=1S/C10H6ClNO2/c11-8-3-1-6(5-13)10-7(8)2-4-9(14)12-10/h1-5H,(H,12,14). The van der Waals surface area contributed by atoms with Gasteiger partial charge in [0.05, 0.1) is 5.52 Å². The highest BCUT2D eigenvalue weighted by molar-refractivity contribution is 6.35. The van der Waals surface area contributed by atoms with Gasteiger partial charge in [-0.3, -0.25) is 9.59 Å². The highest BCUT2D eigenvalue weighted by Crippen LogP contribution is 2.22. The minimum atomic E-state index is -0.247. The predicted octanol–water partition coefficient (Wildman–Crippen LogP) is 1.99. The van der Waals surface area contributed by atoms with E-state index in [0.29, 0.717) is 27.8 Å². The van der Waals surface area contributed by atoms with Gasteiger partial charge in [-0.2, -0.15) is 0 Å². The van der Waals surface area contributed by atoms with E-state index in [9.17, 15) is 9.59 Å². The van der Waals surface area contributed by atoms with Crippen molar-refractivity contribution in [2.75, 3.05) is 0 Å². The summed E-state index contributed by atoms with van der Waals surface area (Å²) in [5, 5.41) is 1.19. The highest BCUT2D eigenvalue weighted by atomic mass is 35.5. The van der Waals surface area contributed by atoms with E-state index in [-0.39, 0.29) is 5.56 Å². The Morgan fingerprint density at radius 2 is 2.00 bits per heavy atom. The van der Waals surface area contributed by atoms with Gasteiger partial charge in [0.15, 0.2) is 6.29 Å². The zero-order valence-corrected chi connectivity index (χ0v) is 7.84. The first kappa shape index (κ1) is 8.97. The van der Waals surface area contributed by atoms with Crippen LogP contribution in [0.4, 0.5) is 0 Å². The number of H-pyrrole nitrogens is 1. The number of aromatic amines is 1. The number of carbonyl (C=O) groups excluding carboxylic acids is 1. The highest BCUT2D eigenvalue weighted by Gasteiger charge is 2.04. The molecule has 0 amide bonds. The summed E-state index contributed by atoms with van der Waals surface area (Å²) in [6.45, 7) is 0. The fourth-order valence-corrected chi connectivity index (χ4v) is 1.56. The monoisotopic (exact) mass is 207 g/mol. The molecule has 0 aliphatic heterocycles. The van der Waals surface area contributed by atoms with E-state index in [4.69, 9.17) is 11.6 Å². The normalized spacial score (nSPS) is 10.4. The molecule has 0 aliphatic rings. The van der Waals surface area contributed by atoms with Gasteiger partial charge in [0, 0.05) is 22.0 Å². The fourth-order valence-electron chi connectivity index (χ4n) is 1.34. The summed E-state index contributed by atoms with van der Waals surface area (Å²) in [6.07, 6.45) is 0.689. The molecule has 4 heteroatoms. The lowest BCUT2D eigenvalue weighted by Gasteiger charge is -2.01. The van der Waals surface area contributed by atoms with Gasteiger partial charge in [0.25, 0.3) is 0 Å². The molecular weight excluding hydrogens is 202 g/mol. The van der Waals surface area contributed by atoms with Crippen molar-refractivity contribution in [3.63, 3.8) is 0 Å². The number of rotatable bonds is 1. The van der Waals surface area contributed by atoms with Crippen LogP contribution in [-0.2, 0) is 0 Å². The number of fused-ring (bicyclic) bond motifs is 1. The number of nitrogens with one attached hydrogen (secondary N) is 1. The van der Waals surface area contributed by atoms with Gasteiger partial charge in [-0.05, 0) is 18.2 Å². The first-order chi connectivity index (χ1) is 6.72. The number of halogens is 1. The van der Waals surface area contributed by atoms with Crippen molar-refractivity contribution in [1.29, 1.82) is 0 Å². The molecule has 1 heterocycles. The van der Waals surface area contributed by atoms with Crippen molar-refractivity contribution in [2.45, 2.75) is 0 Å². The van der Waals surface area contributed by atoms with E-state index in [1.807, 2.05) is 0 Å². The second-order valence-electron chi connectivity index (χ2n) is 2.87. The average molecular weight is 208 g/mol. The summed E-state index contributed by atoms with van der Waals surface area (Å²) < 4.78 is 0. The van der Waals surface area contributed by atoms with E-state index in [1.165, 1.54) is 6.07 Å². The largest absolute Gasteiger partial charge is 0.321 e. The Bertz CT molecular complexity index is 560. The van der Waals surface area contributed by atoms with Gasteiger partial charge in [0.2, 0.25) is 5.56 Å². The Labute approximate surface area is 84.3 Å². The Hall–Kier alpha value is -1.61. The molecule has 1 N–H and O–H groups in total. The van der Waals surface area contributed by atoms with Crippen LogP contribution >= 0.6 is 11.6 Å². The fraction of sp³-hybridized carbons (Fsp3) is 0. The van der Waals surface area contributed by atoms with E-state index in [2.05, 4.69) is 4.98 Å². The van der Waals surface area contributed by atoms with Crippen LogP contribution in [0.5, 0.6) is 0 Å². The lowest BCUT2D eigenvalue weighted by molar-refractivity contribution is 0.112. The van der Waals surface area contributed by atoms with Crippen LogP contribution in [0.3, 0.4) is 0 Å².